The summed E-state index contributed by atoms with van der Waals surface area (Å²) in [4.78, 5) is 17.6. The number of halogens is 5. The lowest BCUT2D eigenvalue weighted by Gasteiger charge is -2.33. The lowest BCUT2D eigenvalue weighted by Crippen LogP contribution is -2.46. The fraction of sp³-hybridized carbons (Fsp3) is 0.476. The van der Waals surface area contributed by atoms with E-state index in [-0.39, 0.29) is 22.8 Å². The second-order valence-corrected chi connectivity index (χ2v) is 8.84. The Morgan fingerprint density at radius 3 is 2.48 bits per heavy atom. The van der Waals surface area contributed by atoms with Crippen molar-refractivity contribution < 1.29 is 18.0 Å². The van der Waals surface area contributed by atoms with Crippen molar-refractivity contribution in [2.45, 2.75) is 57.3 Å². The van der Waals surface area contributed by atoms with Crippen molar-refractivity contribution in [3.8, 4) is 0 Å². The van der Waals surface area contributed by atoms with E-state index >= 15 is 0 Å². The van der Waals surface area contributed by atoms with Crippen molar-refractivity contribution in [1.82, 2.24) is 15.1 Å². The molecule has 1 N–H and O–H groups in total. The van der Waals surface area contributed by atoms with Crippen LogP contribution in [0.25, 0.3) is 0 Å². The van der Waals surface area contributed by atoms with Gasteiger partial charge in [0.25, 0.3) is 0 Å². The minimum absolute atomic E-state index is 0.0441. The van der Waals surface area contributed by atoms with Crippen molar-refractivity contribution in [2.75, 3.05) is 0 Å². The number of nitrogens with one attached hydrogen (secondary N) is 1. The van der Waals surface area contributed by atoms with Crippen LogP contribution in [0.2, 0.25) is 10.0 Å². The first kappa shape index (κ1) is 22.1. The number of nitrogens with zero attached hydrogens (tertiary/aromatic N) is 3. The number of aromatic nitrogens is 2. The highest BCUT2D eigenvalue weighted by atomic mass is 35.5. The van der Waals surface area contributed by atoms with E-state index in [9.17, 15) is 18.0 Å². The zero-order chi connectivity index (χ0) is 22.3. The van der Waals surface area contributed by atoms with Crippen LogP contribution in [0, 0.1) is 5.92 Å². The molecule has 1 saturated carbocycles. The molecular formula is C21H21Cl2F3N4O. The Hall–Kier alpha value is -2.06. The first-order valence-electron chi connectivity index (χ1n) is 10.1. The van der Waals surface area contributed by atoms with Crippen molar-refractivity contribution in [2.24, 2.45) is 10.9 Å². The largest absolute Gasteiger partial charge is 0.435 e. The molecule has 2 aromatic rings. The molecule has 1 amide bonds. The van der Waals surface area contributed by atoms with Crippen LogP contribution >= 0.6 is 23.2 Å². The molecule has 2 aliphatic rings. The predicted molar refractivity (Wildman–Crippen MR) is 113 cm³/mol. The Morgan fingerprint density at radius 2 is 1.84 bits per heavy atom. The summed E-state index contributed by atoms with van der Waals surface area (Å²) in [5.41, 5.74) is -0.103. The molecule has 0 radical (unpaired) electrons. The number of aliphatic imine (C=N–C) groups is 1. The molecule has 1 aromatic carbocycles. The van der Waals surface area contributed by atoms with Gasteiger partial charge in [-0.1, -0.05) is 48.5 Å². The number of alkyl halides is 3. The molecule has 1 fully saturated rings. The van der Waals surface area contributed by atoms with Crippen LogP contribution in [-0.2, 0) is 11.0 Å². The Labute approximate surface area is 187 Å². The van der Waals surface area contributed by atoms with Crippen LogP contribution in [0.4, 0.5) is 19.0 Å². The number of carbonyl (C=O) groups excluding carboxylic acids is 1. The molecule has 4 rings (SSSR count). The fourth-order valence-corrected chi connectivity index (χ4v) is 4.64. The summed E-state index contributed by atoms with van der Waals surface area (Å²) in [6.07, 6.45) is 0.359. The van der Waals surface area contributed by atoms with E-state index in [2.05, 4.69) is 15.4 Å². The highest BCUT2D eigenvalue weighted by molar-refractivity contribution is 6.42. The van der Waals surface area contributed by atoms with Gasteiger partial charge in [-0.15, -0.1) is 0 Å². The van der Waals surface area contributed by atoms with Gasteiger partial charge in [0.05, 0.1) is 16.1 Å². The number of benzene rings is 1. The maximum atomic E-state index is 13.3. The van der Waals surface area contributed by atoms with Crippen LogP contribution in [0.15, 0.2) is 29.3 Å². The number of hydrogen-bond acceptors (Lipinski definition) is 3. The molecule has 2 unspecified atom stereocenters. The van der Waals surface area contributed by atoms with Gasteiger partial charge in [0.15, 0.2) is 11.5 Å². The third kappa shape index (κ3) is 4.46. The van der Waals surface area contributed by atoms with E-state index in [1.165, 1.54) is 4.68 Å². The summed E-state index contributed by atoms with van der Waals surface area (Å²) in [6.45, 7) is 1.65. The van der Waals surface area contributed by atoms with Crippen LogP contribution in [-0.4, -0.2) is 27.4 Å². The third-order valence-corrected chi connectivity index (χ3v) is 6.58. The van der Waals surface area contributed by atoms with Gasteiger partial charge < -0.3 is 5.32 Å². The van der Waals surface area contributed by atoms with Gasteiger partial charge in [0.2, 0.25) is 5.91 Å². The topological polar surface area (TPSA) is 59.3 Å². The van der Waals surface area contributed by atoms with E-state index in [0.29, 0.717) is 16.3 Å². The number of amides is 1. The maximum Gasteiger partial charge on any atom is 0.435 e. The van der Waals surface area contributed by atoms with E-state index < -0.39 is 23.8 Å². The van der Waals surface area contributed by atoms with E-state index in [1.54, 1.807) is 25.1 Å². The SMILES string of the molecule is CC1=Nc2cc(C(F)(F)F)nn2C(c2ccc(Cl)c(Cl)c2)C1C(=O)NC1CCCCC1. The van der Waals surface area contributed by atoms with Crippen LogP contribution in [0.5, 0.6) is 0 Å². The summed E-state index contributed by atoms with van der Waals surface area (Å²) in [7, 11) is 0. The van der Waals surface area contributed by atoms with Crippen LogP contribution < -0.4 is 5.32 Å². The zero-order valence-corrected chi connectivity index (χ0v) is 18.2. The lowest BCUT2D eigenvalue weighted by atomic mass is 9.86. The van der Waals surface area contributed by atoms with Crippen LogP contribution in [0.1, 0.15) is 56.3 Å². The Morgan fingerprint density at radius 1 is 1.13 bits per heavy atom. The molecule has 1 aliphatic heterocycles. The molecule has 31 heavy (non-hydrogen) atoms. The van der Waals surface area contributed by atoms with Crippen molar-refractivity contribution in [3.63, 3.8) is 0 Å². The smallest absolute Gasteiger partial charge is 0.353 e. The van der Waals surface area contributed by atoms with Gasteiger partial charge in [-0.25, -0.2) is 9.67 Å². The Kier molecular flexibility index (Phi) is 6.05. The van der Waals surface area contributed by atoms with Gasteiger partial charge in [-0.3, -0.25) is 4.79 Å². The summed E-state index contributed by atoms with van der Waals surface area (Å²) < 4.78 is 41.2. The van der Waals surface area contributed by atoms with Crippen molar-refractivity contribution in [3.05, 3.63) is 45.6 Å². The minimum atomic E-state index is -4.63. The number of rotatable bonds is 3. The molecule has 0 bridgehead atoms. The molecule has 166 valence electrons. The lowest BCUT2D eigenvalue weighted by molar-refractivity contribution is -0.141. The molecule has 1 aromatic heterocycles. The minimum Gasteiger partial charge on any atom is -0.353 e. The number of carbonyl (C=O) groups is 1. The van der Waals surface area contributed by atoms with Gasteiger partial charge in [-0.2, -0.15) is 18.3 Å². The second-order valence-electron chi connectivity index (χ2n) is 8.02. The first-order valence-corrected chi connectivity index (χ1v) is 10.9. The maximum absolute atomic E-state index is 13.3. The molecule has 2 heterocycles. The number of hydrogen-bond donors (Lipinski definition) is 1. The van der Waals surface area contributed by atoms with E-state index in [1.807, 2.05) is 0 Å². The van der Waals surface area contributed by atoms with E-state index in [0.717, 1.165) is 38.2 Å². The third-order valence-electron chi connectivity index (χ3n) is 5.85. The predicted octanol–water partition coefficient (Wildman–Crippen LogP) is 5.97. The fourth-order valence-electron chi connectivity index (χ4n) is 4.33. The highest BCUT2D eigenvalue weighted by Crippen LogP contribution is 2.41. The molecule has 10 heteroatoms. The average Bonchev–Trinajstić information content (AvgIpc) is 3.14. The average molecular weight is 473 g/mol. The van der Waals surface area contributed by atoms with Gasteiger partial charge in [-0.05, 0) is 37.5 Å². The van der Waals surface area contributed by atoms with Crippen LogP contribution in [0.3, 0.4) is 0 Å². The standard InChI is InChI=1S/C21H21Cl2F3N4O/c1-11-18(20(31)28-13-5-3-2-4-6-13)19(12-7-8-14(22)15(23)9-12)30-17(27-11)10-16(29-30)21(24,25)26/h7-10,13,18-19H,2-6H2,1H3,(H,28,31). The first-order chi connectivity index (χ1) is 14.6. The molecule has 0 spiro atoms. The molecular weight excluding hydrogens is 452 g/mol. The second kappa shape index (κ2) is 8.47. The van der Waals surface area contributed by atoms with Crippen molar-refractivity contribution in [1.29, 1.82) is 0 Å². The van der Waals surface area contributed by atoms with Gasteiger partial charge in [0.1, 0.15) is 5.92 Å². The Balaban J connectivity index is 1.77. The summed E-state index contributed by atoms with van der Waals surface area (Å²) in [6, 6.07) is 4.88. The summed E-state index contributed by atoms with van der Waals surface area (Å²) in [5.74, 6) is -1.06. The molecule has 0 saturated heterocycles. The molecule has 2 atom stereocenters. The number of fused-ring (bicyclic) bond motifs is 1. The van der Waals surface area contributed by atoms with Gasteiger partial charge >= 0.3 is 6.18 Å². The van der Waals surface area contributed by atoms with E-state index in [4.69, 9.17) is 23.2 Å². The molecule has 1 aliphatic carbocycles. The monoisotopic (exact) mass is 472 g/mol. The Bertz CT molecular complexity index is 1030. The van der Waals surface area contributed by atoms with Crippen molar-refractivity contribution >= 4 is 40.6 Å². The zero-order valence-electron chi connectivity index (χ0n) is 16.7. The highest BCUT2D eigenvalue weighted by Gasteiger charge is 2.42. The summed E-state index contributed by atoms with van der Waals surface area (Å²) >= 11 is 12.2. The van der Waals surface area contributed by atoms with Gasteiger partial charge in [0, 0.05) is 17.8 Å². The normalized spacial score (nSPS) is 22.1. The molecule has 5 nitrogen and oxygen atoms in total. The quantitative estimate of drug-likeness (QED) is 0.597. The summed E-state index contributed by atoms with van der Waals surface area (Å²) in [5, 5.41) is 7.40.